The smallest absolute Gasteiger partial charge is 0.00386 e. The normalized spacial score (nSPS) is 29.1. The van der Waals surface area contributed by atoms with Crippen LogP contribution in [0.3, 0.4) is 0 Å². The highest BCUT2D eigenvalue weighted by atomic mass is 15.1. The summed E-state index contributed by atoms with van der Waals surface area (Å²) in [5, 5.41) is 3.46. The molecule has 0 amide bonds. The van der Waals surface area contributed by atoms with E-state index in [4.69, 9.17) is 0 Å². The molecule has 0 radical (unpaired) electrons. The maximum atomic E-state index is 3.46. The number of rotatable bonds is 4. The fourth-order valence-corrected chi connectivity index (χ4v) is 2.12. The standard InChI is InChI=1S/C11H24N2/c1-5-13(9(2)3)8-11-7-12-6-10(11)4/h9-12H,5-8H2,1-4H3. The van der Waals surface area contributed by atoms with E-state index in [2.05, 4.69) is 37.9 Å². The van der Waals surface area contributed by atoms with Crippen LogP contribution in [-0.4, -0.2) is 37.1 Å². The van der Waals surface area contributed by atoms with Crippen LogP contribution in [0.2, 0.25) is 0 Å². The van der Waals surface area contributed by atoms with Crippen molar-refractivity contribution in [2.45, 2.75) is 33.7 Å². The molecule has 2 nitrogen and oxygen atoms in total. The van der Waals surface area contributed by atoms with Crippen LogP contribution in [0.4, 0.5) is 0 Å². The molecular weight excluding hydrogens is 160 g/mol. The molecule has 2 unspecified atom stereocenters. The maximum absolute atomic E-state index is 3.46. The molecule has 2 atom stereocenters. The van der Waals surface area contributed by atoms with Crippen molar-refractivity contribution in [3.63, 3.8) is 0 Å². The third kappa shape index (κ3) is 2.96. The molecule has 0 bridgehead atoms. The van der Waals surface area contributed by atoms with E-state index < -0.39 is 0 Å². The molecule has 0 aliphatic carbocycles. The van der Waals surface area contributed by atoms with Crippen molar-refractivity contribution in [3.05, 3.63) is 0 Å². The second kappa shape index (κ2) is 4.97. The summed E-state index contributed by atoms with van der Waals surface area (Å²) < 4.78 is 0. The molecule has 1 aliphatic rings. The zero-order valence-electron chi connectivity index (χ0n) is 9.51. The molecule has 0 aromatic heterocycles. The van der Waals surface area contributed by atoms with Crippen molar-refractivity contribution in [1.29, 1.82) is 0 Å². The van der Waals surface area contributed by atoms with Gasteiger partial charge in [-0.2, -0.15) is 0 Å². The van der Waals surface area contributed by atoms with E-state index in [1.165, 1.54) is 26.2 Å². The summed E-state index contributed by atoms with van der Waals surface area (Å²) in [6.45, 7) is 14.1. The van der Waals surface area contributed by atoms with Crippen LogP contribution in [0.25, 0.3) is 0 Å². The van der Waals surface area contributed by atoms with Crippen LogP contribution in [0, 0.1) is 11.8 Å². The minimum atomic E-state index is 0.692. The third-order valence-electron chi connectivity index (χ3n) is 3.28. The van der Waals surface area contributed by atoms with Gasteiger partial charge in [-0.3, -0.25) is 0 Å². The average Bonchev–Trinajstić information content (AvgIpc) is 2.46. The molecule has 1 saturated heterocycles. The van der Waals surface area contributed by atoms with Crippen LogP contribution < -0.4 is 5.32 Å². The Bertz CT molecular complexity index is 145. The first-order valence-electron chi connectivity index (χ1n) is 5.59. The average molecular weight is 184 g/mol. The maximum Gasteiger partial charge on any atom is 0.00386 e. The van der Waals surface area contributed by atoms with E-state index in [0.29, 0.717) is 6.04 Å². The second-order valence-electron chi connectivity index (χ2n) is 4.58. The molecule has 1 heterocycles. The van der Waals surface area contributed by atoms with Gasteiger partial charge in [0.25, 0.3) is 0 Å². The van der Waals surface area contributed by atoms with Crippen molar-refractivity contribution in [2.24, 2.45) is 11.8 Å². The first-order valence-corrected chi connectivity index (χ1v) is 5.59. The van der Waals surface area contributed by atoms with Crippen molar-refractivity contribution in [2.75, 3.05) is 26.2 Å². The highest BCUT2D eigenvalue weighted by molar-refractivity contribution is 4.81. The van der Waals surface area contributed by atoms with Gasteiger partial charge in [0, 0.05) is 12.6 Å². The molecule has 2 heteroatoms. The minimum absolute atomic E-state index is 0.692. The molecule has 1 aliphatic heterocycles. The molecule has 0 spiro atoms. The van der Waals surface area contributed by atoms with E-state index in [9.17, 15) is 0 Å². The predicted octanol–water partition coefficient (Wildman–Crippen LogP) is 1.57. The Balaban J connectivity index is 2.36. The molecule has 13 heavy (non-hydrogen) atoms. The summed E-state index contributed by atoms with van der Waals surface area (Å²) >= 11 is 0. The molecule has 0 aromatic carbocycles. The Morgan fingerprint density at radius 1 is 1.38 bits per heavy atom. The summed E-state index contributed by atoms with van der Waals surface area (Å²) in [7, 11) is 0. The Hall–Kier alpha value is -0.0800. The second-order valence-corrected chi connectivity index (χ2v) is 4.58. The van der Waals surface area contributed by atoms with Crippen molar-refractivity contribution >= 4 is 0 Å². The van der Waals surface area contributed by atoms with Gasteiger partial charge in [-0.15, -0.1) is 0 Å². The minimum Gasteiger partial charge on any atom is -0.316 e. The lowest BCUT2D eigenvalue weighted by atomic mass is 9.97. The first-order chi connectivity index (χ1) is 6.15. The van der Waals surface area contributed by atoms with Gasteiger partial charge in [-0.1, -0.05) is 13.8 Å². The Morgan fingerprint density at radius 2 is 2.08 bits per heavy atom. The Morgan fingerprint density at radius 3 is 2.46 bits per heavy atom. The molecule has 0 aromatic rings. The van der Waals surface area contributed by atoms with E-state index in [0.717, 1.165) is 11.8 Å². The molecule has 0 saturated carbocycles. The number of nitrogens with zero attached hydrogens (tertiary/aromatic N) is 1. The molecule has 1 rings (SSSR count). The summed E-state index contributed by atoms with van der Waals surface area (Å²) in [6.07, 6.45) is 0. The van der Waals surface area contributed by atoms with Crippen molar-refractivity contribution in [1.82, 2.24) is 10.2 Å². The fourth-order valence-electron chi connectivity index (χ4n) is 2.12. The quantitative estimate of drug-likeness (QED) is 0.713. The van der Waals surface area contributed by atoms with Gasteiger partial charge in [-0.05, 0) is 45.3 Å². The topological polar surface area (TPSA) is 15.3 Å². The molecule has 78 valence electrons. The van der Waals surface area contributed by atoms with E-state index >= 15 is 0 Å². The van der Waals surface area contributed by atoms with Gasteiger partial charge in [0.2, 0.25) is 0 Å². The van der Waals surface area contributed by atoms with Gasteiger partial charge in [0.15, 0.2) is 0 Å². The summed E-state index contributed by atoms with van der Waals surface area (Å²) in [5.74, 6) is 1.72. The van der Waals surface area contributed by atoms with Crippen LogP contribution in [0.5, 0.6) is 0 Å². The Labute approximate surface area is 82.7 Å². The summed E-state index contributed by atoms with van der Waals surface area (Å²) in [6, 6.07) is 0.692. The van der Waals surface area contributed by atoms with Gasteiger partial charge in [-0.25, -0.2) is 0 Å². The highest BCUT2D eigenvalue weighted by Crippen LogP contribution is 2.17. The molecule has 1 fully saturated rings. The molecular formula is C11H24N2. The number of hydrogen-bond acceptors (Lipinski definition) is 2. The Kier molecular flexibility index (Phi) is 4.20. The van der Waals surface area contributed by atoms with Crippen LogP contribution in [0.1, 0.15) is 27.7 Å². The lowest BCUT2D eigenvalue weighted by Gasteiger charge is -2.29. The highest BCUT2D eigenvalue weighted by Gasteiger charge is 2.25. The number of hydrogen-bond donors (Lipinski definition) is 1. The molecule has 1 N–H and O–H groups in total. The zero-order chi connectivity index (χ0) is 9.84. The van der Waals surface area contributed by atoms with E-state index in [1.807, 2.05) is 0 Å². The van der Waals surface area contributed by atoms with E-state index in [1.54, 1.807) is 0 Å². The lowest BCUT2D eigenvalue weighted by molar-refractivity contribution is 0.187. The van der Waals surface area contributed by atoms with Gasteiger partial charge in [0.05, 0.1) is 0 Å². The van der Waals surface area contributed by atoms with Gasteiger partial charge >= 0.3 is 0 Å². The summed E-state index contributed by atoms with van der Waals surface area (Å²) in [4.78, 5) is 2.56. The first kappa shape index (κ1) is 11.0. The van der Waals surface area contributed by atoms with Crippen LogP contribution in [0.15, 0.2) is 0 Å². The lowest BCUT2D eigenvalue weighted by Crippen LogP contribution is -2.37. The van der Waals surface area contributed by atoms with Crippen LogP contribution >= 0.6 is 0 Å². The fraction of sp³-hybridized carbons (Fsp3) is 1.00. The monoisotopic (exact) mass is 184 g/mol. The largest absolute Gasteiger partial charge is 0.316 e. The van der Waals surface area contributed by atoms with E-state index in [-0.39, 0.29) is 0 Å². The van der Waals surface area contributed by atoms with Gasteiger partial charge < -0.3 is 10.2 Å². The van der Waals surface area contributed by atoms with Crippen LogP contribution in [-0.2, 0) is 0 Å². The number of nitrogens with one attached hydrogen (secondary N) is 1. The predicted molar refractivity (Wildman–Crippen MR) is 57.9 cm³/mol. The van der Waals surface area contributed by atoms with Gasteiger partial charge in [0.1, 0.15) is 0 Å². The SMILES string of the molecule is CCN(CC1CNCC1C)C(C)C. The summed E-state index contributed by atoms with van der Waals surface area (Å²) in [5.41, 5.74) is 0. The van der Waals surface area contributed by atoms with Crippen molar-refractivity contribution < 1.29 is 0 Å². The zero-order valence-corrected chi connectivity index (χ0v) is 9.51. The third-order valence-corrected chi connectivity index (χ3v) is 3.28. The van der Waals surface area contributed by atoms with Crippen molar-refractivity contribution in [3.8, 4) is 0 Å².